The van der Waals surface area contributed by atoms with Gasteiger partial charge in [-0.05, 0) is 74.0 Å². The van der Waals surface area contributed by atoms with E-state index in [1.54, 1.807) is 12.1 Å². The fourth-order valence-electron chi connectivity index (χ4n) is 8.15. The highest BCUT2D eigenvalue weighted by molar-refractivity contribution is 5.89. The van der Waals surface area contributed by atoms with Crippen LogP contribution < -0.4 is 0 Å². The average molecular weight is 495 g/mol. The first-order valence-corrected chi connectivity index (χ1v) is 13.4. The van der Waals surface area contributed by atoms with Crippen LogP contribution in [0.3, 0.4) is 0 Å². The predicted octanol–water partition coefficient (Wildman–Crippen LogP) is 5.65. The Morgan fingerprint density at radius 2 is 1.56 bits per heavy atom. The van der Waals surface area contributed by atoms with E-state index in [0.29, 0.717) is 23.8 Å². The predicted molar refractivity (Wildman–Crippen MR) is 134 cm³/mol. The monoisotopic (exact) mass is 494 g/mol. The van der Waals surface area contributed by atoms with Crippen LogP contribution in [-0.2, 0) is 23.8 Å². The lowest BCUT2D eigenvalue weighted by Gasteiger charge is -2.59. The van der Waals surface area contributed by atoms with Crippen LogP contribution >= 0.6 is 0 Å². The van der Waals surface area contributed by atoms with Gasteiger partial charge in [0, 0.05) is 31.6 Å². The molecule has 3 fully saturated rings. The third-order valence-corrected chi connectivity index (χ3v) is 9.87. The Hall–Kier alpha value is -2.63. The lowest BCUT2D eigenvalue weighted by atomic mass is 9.47. The molecule has 0 unspecified atom stereocenters. The molecular formula is C30H38O6. The second-order valence-electron chi connectivity index (χ2n) is 11.8. The number of carbonyl (C=O) groups excluding carboxylic acids is 3. The zero-order chi connectivity index (χ0) is 25.7. The van der Waals surface area contributed by atoms with Crippen LogP contribution in [-0.4, -0.2) is 36.2 Å². The number of ether oxygens (including phenoxy) is 3. The van der Waals surface area contributed by atoms with E-state index in [4.69, 9.17) is 14.2 Å². The Labute approximate surface area is 213 Å². The van der Waals surface area contributed by atoms with Gasteiger partial charge in [0.05, 0.1) is 5.56 Å². The van der Waals surface area contributed by atoms with E-state index in [1.165, 1.54) is 19.4 Å². The summed E-state index contributed by atoms with van der Waals surface area (Å²) < 4.78 is 17.7. The summed E-state index contributed by atoms with van der Waals surface area (Å²) in [4.78, 5) is 36.8. The van der Waals surface area contributed by atoms with Gasteiger partial charge < -0.3 is 14.2 Å². The van der Waals surface area contributed by atoms with Crippen molar-refractivity contribution >= 4 is 17.9 Å². The Kier molecular flexibility index (Phi) is 6.50. The molecule has 0 spiro atoms. The van der Waals surface area contributed by atoms with Crippen molar-refractivity contribution in [3.63, 3.8) is 0 Å². The smallest absolute Gasteiger partial charge is 0.338 e. The largest absolute Gasteiger partial charge is 0.462 e. The highest BCUT2D eigenvalue weighted by Gasteiger charge is 2.62. The summed E-state index contributed by atoms with van der Waals surface area (Å²) in [6.45, 7) is 7.58. The third-order valence-electron chi connectivity index (χ3n) is 9.87. The van der Waals surface area contributed by atoms with Crippen molar-refractivity contribution in [2.24, 2.45) is 28.6 Å². The van der Waals surface area contributed by atoms with Gasteiger partial charge in [0.2, 0.25) is 0 Å². The molecule has 0 amide bonds. The molecule has 36 heavy (non-hydrogen) atoms. The fraction of sp³-hybridized carbons (Fsp3) is 0.633. The van der Waals surface area contributed by atoms with E-state index < -0.39 is 0 Å². The Morgan fingerprint density at radius 3 is 2.25 bits per heavy atom. The van der Waals surface area contributed by atoms with Gasteiger partial charge in [0.25, 0.3) is 0 Å². The molecule has 0 N–H and O–H groups in total. The molecule has 0 saturated heterocycles. The molecule has 0 aliphatic heterocycles. The molecule has 6 heteroatoms. The number of hydrogen-bond donors (Lipinski definition) is 0. The number of fused-ring (bicyclic) bond motifs is 5. The summed E-state index contributed by atoms with van der Waals surface area (Å²) in [5, 5.41) is 0. The number of hydrogen-bond acceptors (Lipinski definition) is 6. The summed E-state index contributed by atoms with van der Waals surface area (Å²) >= 11 is 0. The fourth-order valence-corrected chi connectivity index (χ4v) is 8.15. The Bertz CT molecular complexity index is 1060. The maximum Gasteiger partial charge on any atom is 0.338 e. The summed E-state index contributed by atoms with van der Waals surface area (Å²) in [5.74, 6) is 0.0388. The van der Waals surface area contributed by atoms with Crippen LogP contribution in [0.5, 0.6) is 0 Å². The van der Waals surface area contributed by atoms with Crippen molar-refractivity contribution in [1.29, 1.82) is 0 Å². The molecule has 0 radical (unpaired) electrons. The molecule has 8 atom stereocenters. The second kappa shape index (κ2) is 9.35. The number of benzene rings is 1. The van der Waals surface area contributed by atoms with Crippen molar-refractivity contribution in [2.45, 2.75) is 91.0 Å². The first-order valence-electron chi connectivity index (χ1n) is 13.4. The molecule has 0 bridgehead atoms. The van der Waals surface area contributed by atoms with E-state index in [9.17, 15) is 14.4 Å². The number of carbonyl (C=O) groups is 3. The first kappa shape index (κ1) is 25.0. The van der Waals surface area contributed by atoms with Gasteiger partial charge in [0.1, 0.15) is 18.3 Å². The van der Waals surface area contributed by atoms with E-state index in [1.807, 2.05) is 18.2 Å². The van der Waals surface area contributed by atoms with Gasteiger partial charge in [-0.1, -0.05) is 37.6 Å². The van der Waals surface area contributed by atoms with Crippen molar-refractivity contribution in [3.05, 3.63) is 47.5 Å². The van der Waals surface area contributed by atoms with Gasteiger partial charge >= 0.3 is 17.9 Å². The molecule has 0 aromatic heterocycles. The van der Waals surface area contributed by atoms with Crippen LogP contribution in [0.15, 0.2) is 42.0 Å². The highest BCUT2D eigenvalue weighted by atomic mass is 16.6. The summed E-state index contributed by atoms with van der Waals surface area (Å²) in [6.07, 6.45) is 7.91. The number of esters is 3. The van der Waals surface area contributed by atoms with Gasteiger partial charge in [-0.15, -0.1) is 0 Å². The molecule has 4 aliphatic carbocycles. The minimum atomic E-state index is -0.359. The molecule has 0 heterocycles. The zero-order valence-corrected chi connectivity index (χ0v) is 21.8. The topological polar surface area (TPSA) is 78.9 Å². The molecule has 3 saturated carbocycles. The summed E-state index contributed by atoms with van der Waals surface area (Å²) in [6, 6.07) is 9.15. The number of rotatable bonds is 4. The minimum absolute atomic E-state index is 0.0161. The maximum atomic E-state index is 13.2. The van der Waals surface area contributed by atoms with Crippen molar-refractivity contribution in [2.75, 3.05) is 0 Å². The van der Waals surface area contributed by atoms with E-state index in [-0.39, 0.29) is 53.0 Å². The normalized spacial score (nSPS) is 39.1. The average Bonchev–Trinajstić information content (AvgIpc) is 3.15. The van der Waals surface area contributed by atoms with E-state index in [2.05, 4.69) is 19.9 Å². The Morgan fingerprint density at radius 1 is 0.833 bits per heavy atom. The van der Waals surface area contributed by atoms with Gasteiger partial charge in [-0.3, -0.25) is 9.59 Å². The molecule has 194 valence electrons. The molecular weight excluding hydrogens is 456 g/mol. The van der Waals surface area contributed by atoms with Gasteiger partial charge in [0.15, 0.2) is 0 Å². The quantitative estimate of drug-likeness (QED) is 0.306. The molecule has 5 rings (SSSR count). The summed E-state index contributed by atoms with van der Waals surface area (Å²) in [5.41, 5.74) is 1.66. The standard InChI is InChI=1S/C30H38O6/c1-18(31)34-22-12-14-29(3)21(16-22)17-25(36-28(33)20-8-6-5-7-9-20)27-23-10-11-26(35-19(2)32)30(23,4)15-13-24(27)29/h5-9,17,22-27H,10-16H2,1-4H3/t22-,23-,24-,25+,26-,27-,29-,30-/m0/s1. The Balaban J connectivity index is 1.51. The molecule has 6 nitrogen and oxygen atoms in total. The zero-order valence-electron chi connectivity index (χ0n) is 21.8. The van der Waals surface area contributed by atoms with Crippen molar-refractivity contribution in [3.8, 4) is 0 Å². The van der Waals surface area contributed by atoms with E-state index in [0.717, 1.165) is 38.5 Å². The van der Waals surface area contributed by atoms with Crippen molar-refractivity contribution < 1.29 is 28.6 Å². The van der Waals surface area contributed by atoms with Crippen LogP contribution in [0.25, 0.3) is 0 Å². The third kappa shape index (κ3) is 4.26. The van der Waals surface area contributed by atoms with E-state index >= 15 is 0 Å². The first-order chi connectivity index (χ1) is 17.1. The van der Waals surface area contributed by atoms with Gasteiger partial charge in [-0.25, -0.2) is 4.79 Å². The molecule has 1 aromatic carbocycles. The van der Waals surface area contributed by atoms with Crippen LogP contribution in [0.2, 0.25) is 0 Å². The minimum Gasteiger partial charge on any atom is -0.462 e. The SMILES string of the molecule is CC(=O)O[C@H]1CC[C@@]2(C)C(=C[C@@H](OC(=O)c3ccccc3)[C@H]3[C@@H]4CC[C@H](OC(C)=O)[C@@]4(C)CC[C@@H]32)C1. The van der Waals surface area contributed by atoms with Crippen LogP contribution in [0.1, 0.15) is 83.0 Å². The lowest BCUT2D eigenvalue weighted by Crippen LogP contribution is -2.56. The second-order valence-corrected chi connectivity index (χ2v) is 11.8. The highest BCUT2D eigenvalue weighted by Crippen LogP contribution is 2.65. The summed E-state index contributed by atoms with van der Waals surface area (Å²) in [7, 11) is 0. The van der Waals surface area contributed by atoms with Crippen LogP contribution in [0.4, 0.5) is 0 Å². The van der Waals surface area contributed by atoms with Gasteiger partial charge in [-0.2, -0.15) is 0 Å². The van der Waals surface area contributed by atoms with Crippen LogP contribution in [0, 0.1) is 28.6 Å². The molecule has 1 aromatic rings. The molecule has 4 aliphatic rings. The maximum absolute atomic E-state index is 13.2. The lowest BCUT2D eigenvalue weighted by molar-refractivity contribution is -0.160. The van der Waals surface area contributed by atoms with Crippen molar-refractivity contribution in [1.82, 2.24) is 0 Å².